The van der Waals surface area contributed by atoms with Crippen LogP contribution in [0.5, 0.6) is 0 Å². The van der Waals surface area contributed by atoms with Gasteiger partial charge in [-0.05, 0) is 67.4 Å². The molecule has 0 heterocycles. The van der Waals surface area contributed by atoms with E-state index in [1.165, 1.54) is 12.1 Å². The predicted molar refractivity (Wildman–Crippen MR) is 140 cm³/mol. The highest BCUT2D eigenvalue weighted by Crippen LogP contribution is 2.40. The normalized spacial score (nSPS) is 10.3. The molecule has 0 unspecified atom stereocenters. The minimum absolute atomic E-state index is 0.283. The van der Waals surface area contributed by atoms with E-state index in [1.807, 2.05) is 74.5 Å². The van der Waals surface area contributed by atoms with Gasteiger partial charge in [-0.3, -0.25) is 0 Å². The second-order valence-corrected chi connectivity index (χ2v) is 8.04. The Hall–Kier alpha value is -4.61. The summed E-state index contributed by atoms with van der Waals surface area (Å²) in [5.41, 5.74) is 6.69. The molecule has 35 heavy (non-hydrogen) atoms. The van der Waals surface area contributed by atoms with Crippen LogP contribution in [0.1, 0.15) is 25.0 Å². The van der Waals surface area contributed by atoms with Crippen LogP contribution >= 0.6 is 0 Å². The van der Waals surface area contributed by atoms with Gasteiger partial charge in [0.1, 0.15) is 18.0 Å². The molecule has 0 aliphatic carbocycles. The molecule has 0 saturated carbocycles. The molecule has 4 rings (SSSR count). The predicted octanol–water partition coefficient (Wildman–Crippen LogP) is 7.49. The topological polar surface area (TPSA) is 62.9 Å². The molecule has 172 valence electrons. The molecule has 0 spiro atoms. The van der Waals surface area contributed by atoms with Crippen LogP contribution < -0.4 is 10.2 Å². The van der Waals surface area contributed by atoms with Gasteiger partial charge >= 0.3 is 0 Å². The third-order valence-corrected chi connectivity index (χ3v) is 6.02. The lowest BCUT2D eigenvalue weighted by Gasteiger charge is -2.26. The first-order valence-corrected chi connectivity index (χ1v) is 11.5. The van der Waals surface area contributed by atoms with Crippen molar-refractivity contribution in [3.63, 3.8) is 0 Å². The lowest BCUT2D eigenvalue weighted by atomic mass is 9.88. The maximum absolute atomic E-state index is 13.2. The van der Waals surface area contributed by atoms with Gasteiger partial charge in [0.2, 0.25) is 0 Å². The van der Waals surface area contributed by atoms with Gasteiger partial charge in [-0.1, -0.05) is 42.5 Å². The van der Waals surface area contributed by atoms with Crippen LogP contribution in [0.3, 0.4) is 0 Å². The van der Waals surface area contributed by atoms with Crippen LogP contribution in [0.4, 0.5) is 21.5 Å². The lowest BCUT2D eigenvalue weighted by molar-refractivity contribution is 0.628. The van der Waals surface area contributed by atoms with Gasteiger partial charge in [-0.25, -0.2) is 4.39 Å². The van der Waals surface area contributed by atoms with Crippen LogP contribution in [0, 0.1) is 28.5 Å². The fourth-order valence-corrected chi connectivity index (χ4v) is 4.26. The number of nitrogens with zero attached hydrogens (tertiary/aromatic N) is 3. The van der Waals surface area contributed by atoms with E-state index >= 15 is 0 Å². The van der Waals surface area contributed by atoms with Crippen molar-refractivity contribution in [2.24, 2.45) is 0 Å². The molecule has 0 saturated heterocycles. The molecule has 0 aliphatic rings. The number of hydrogen-bond donors (Lipinski definition) is 1. The SMILES string of the molecule is CCN(CC)c1c(C#N)c(-c2ccccc2)cc(-c2ccc(Nc3ccc(F)cc3)cc2)c1C#N. The van der Waals surface area contributed by atoms with Crippen LogP contribution in [0.2, 0.25) is 0 Å². The minimum atomic E-state index is -0.283. The zero-order valence-corrected chi connectivity index (χ0v) is 19.7. The molecule has 5 heteroatoms. The summed E-state index contributed by atoms with van der Waals surface area (Å²) in [4.78, 5) is 2.07. The monoisotopic (exact) mass is 460 g/mol. The highest BCUT2D eigenvalue weighted by molar-refractivity contribution is 5.90. The molecule has 1 N–H and O–H groups in total. The Kier molecular flexibility index (Phi) is 7.10. The minimum Gasteiger partial charge on any atom is -0.370 e. The number of rotatable bonds is 7. The van der Waals surface area contributed by atoms with Gasteiger partial charge in [0, 0.05) is 35.6 Å². The Labute approximate surface area is 205 Å². The lowest BCUT2D eigenvalue weighted by Crippen LogP contribution is -2.24. The fourth-order valence-electron chi connectivity index (χ4n) is 4.26. The zero-order chi connectivity index (χ0) is 24.8. The number of benzene rings is 4. The summed E-state index contributed by atoms with van der Waals surface area (Å²) in [6, 6.07) is 30.4. The van der Waals surface area contributed by atoms with Crippen molar-refractivity contribution < 1.29 is 4.39 Å². The molecule has 4 aromatic rings. The Morgan fingerprint density at radius 1 is 0.714 bits per heavy atom. The first-order valence-electron chi connectivity index (χ1n) is 11.5. The van der Waals surface area contributed by atoms with Gasteiger partial charge in [0.25, 0.3) is 0 Å². The molecular weight excluding hydrogens is 435 g/mol. The molecule has 4 nitrogen and oxygen atoms in total. The summed E-state index contributed by atoms with van der Waals surface area (Å²) in [5, 5.41) is 23.6. The summed E-state index contributed by atoms with van der Waals surface area (Å²) in [6.45, 7) is 5.41. The van der Waals surface area contributed by atoms with Crippen molar-refractivity contribution in [3.05, 3.63) is 102 Å². The van der Waals surface area contributed by atoms with E-state index in [0.717, 1.165) is 33.6 Å². The number of halogens is 1. The molecule has 4 aromatic carbocycles. The van der Waals surface area contributed by atoms with Gasteiger partial charge in [-0.2, -0.15) is 10.5 Å². The number of anilines is 3. The van der Waals surface area contributed by atoms with E-state index in [4.69, 9.17) is 0 Å². The van der Waals surface area contributed by atoms with E-state index in [1.54, 1.807) is 12.1 Å². The van der Waals surface area contributed by atoms with Crippen molar-refractivity contribution in [1.29, 1.82) is 10.5 Å². The molecule has 0 amide bonds. The standard InChI is InChI=1S/C30H25FN4/c1-3-35(4-2)30-28(19-32)26(21-8-6-5-7-9-21)18-27(29(30)20-33)22-10-14-24(15-11-22)34-25-16-12-23(31)13-17-25/h5-18,34H,3-4H2,1-2H3. The average Bonchev–Trinajstić information content (AvgIpc) is 2.91. The van der Waals surface area contributed by atoms with Gasteiger partial charge in [-0.15, -0.1) is 0 Å². The molecule has 0 radical (unpaired) electrons. The summed E-state index contributed by atoms with van der Waals surface area (Å²) in [5.74, 6) is -0.283. The largest absolute Gasteiger partial charge is 0.370 e. The summed E-state index contributed by atoms with van der Waals surface area (Å²) < 4.78 is 13.2. The van der Waals surface area contributed by atoms with Crippen LogP contribution in [0.25, 0.3) is 22.3 Å². The average molecular weight is 461 g/mol. The summed E-state index contributed by atoms with van der Waals surface area (Å²) >= 11 is 0. The molecule has 0 bridgehead atoms. The molecule has 0 atom stereocenters. The Morgan fingerprint density at radius 3 is 1.69 bits per heavy atom. The summed E-state index contributed by atoms with van der Waals surface area (Å²) in [7, 11) is 0. The quantitative estimate of drug-likeness (QED) is 0.310. The number of hydrogen-bond acceptors (Lipinski definition) is 4. The van der Waals surface area contributed by atoms with Gasteiger partial charge in [0.15, 0.2) is 0 Å². The molecule has 0 aliphatic heterocycles. The third kappa shape index (κ3) is 4.86. The van der Waals surface area contributed by atoms with E-state index < -0.39 is 0 Å². The van der Waals surface area contributed by atoms with Crippen molar-refractivity contribution in [1.82, 2.24) is 0 Å². The summed E-state index contributed by atoms with van der Waals surface area (Å²) in [6.07, 6.45) is 0. The molecule has 0 fully saturated rings. The fraction of sp³-hybridized carbons (Fsp3) is 0.133. The van der Waals surface area contributed by atoms with E-state index in [9.17, 15) is 14.9 Å². The zero-order valence-electron chi connectivity index (χ0n) is 19.7. The van der Waals surface area contributed by atoms with Crippen molar-refractivity contribution in [3.8, 4) is 34.4 Å². The molecular formula is C30H25FN4. The van der Waals surface area contributed by atoms with Gasteiger partial charge < -0.3 is 10.2 Å². The maximum atomic E-state index is 13.2. The van der Waals surface area contributed by atoms with E-state index in [0.29, 0.717) is 29.9 Å². The van der Waals surface area contributed by atoms with Crippen LogP contribution in [-0.2, 0) is 0 Å². The second kappa shape index (κ2) is 10.5. The van der Waals surface area contributed by atoms with Crippen molar-refractivity contribution in [2.75, 3.05) is 23.3 Å². The van der Waals surface area contributed by atoms with E-state index in [-0.39, 0.29) is 5.82 Å². The Morgan fingerprint density at radius 2 is 1.20 bits per heavy atom. The van der Waals surface area contributed by atoms with Crippen LogP contribution in [0.15, 0.2) is 84.9 Å². The molecule has 0 aromatic heterocycles. The second-order valence-electron chi connectivity index (χ2n) is 8.04. The number of nitriles is 2. The smallest absolute Gasteiger partial charge is 0.123 e. The highest BCUT2D eigenvalue weighted by Gasteiger charge is 2.23. The maximum Gasteiger partial charge on any atom is 0.123 e. The van der Waals surface area contributed by atoms with Crippen LogP contribution in [-0.4, -0.2) is 13.1 Å². The number of nitrogens with one attached hydrogen (secondary N) is 1. The highest BCUT2D eigenvalue weighted by atomic mass is 19.1. The first-order chi connectivity index (χ1) is 17.1. The Bertz CT molecular complexity index is 1390. The third-order valence-electron chi connectivity index (χ3n) is 6.02. The van der Waals surface area contributed by atoms with Gasteiger partial charge in [0.05, 0.1) is 16.8 Å². The van der Waals surface area contributed by atoms with Crippen molar-refractivity contribution >= 4 is 17.1 Å². The van der Waals surface area contributed by atoms with Crippen molar-refractivity contribution in [2.45, 2.75) is 13.8 Å². The van der Waals surface area contributed by atoms with E-state index in [2.05, 4.69) is 22.4 Å². The first kappa shape index (κ1) is 23.5. The Balaban J connectivity index is 1.86.